The van der Waals surface area contributed by atoms with Crippen LogP contribution in [0.5, 0.6) is 0 Å². The Kier molecular flexibility index (Phi) is 27.8. The fourth-order valence-electron chi connectivity index (χ4n) is 10.9. The molecule has 0 saturated carbocycles. The number of alkyl halides is 9. The van der Waals surface area contributed by atoms with E-state index in [-0.39, 0.29) is 58.2 Å². The smallest absolute Gasteiger partial charge is 0.399 e. The quantitative estimate of drug-likeness (QED) is 0.0540. The number of nitriles is 2. The molecule has 0 radical (unpaired) electrons. The van der Waals surface area contributed by atoms with Crippen LogP contribution in [0, 0.1) is 29.6 Å². The number of hydrogen-bond donors (Lipinski definition) is 2. The zero-order valence-corrected chi connectivity index (χ0v) is 58.7. The molecule has 0 bridgehead atoms. The maximum atomic E-state index is 13.2. The van der Waals surface area contributed by atoms with Crippen LogP contribution in [0.1, 0.15) is 71.6 Å². The van der Waals surface area contributed by atoms with Gasteiger partial charge in [-0.1, -0.05) is 216 Å². The van der Waals surface area contributed by atoms with Crippen molar-refractivity contribution in [2.24, 2.45) is 4.99 Å². The highest BCUT2D eigenvalue weighted by molar-refractivity contribution is 6.52. The second-order valence-corrected chi connectivity index (χ2v) is 24.5. The second kappa shape index (κ2) is 36.7. The minimum atomic E-state index is -4.62. The Labute approximate surface area is 619 Å². The Morgan fingerprint density at radius 3 is 1.42 bits per heavy atom. The predicted molar refractivity (Wildman–Crippen MR) is 402 cm³/mol. The lowest BCUT2D eigenvalue weighted by atomic mass is 10.1. The van der Waals surface area contributed by atoms with Crippen LogP contribution in [0.2, 0.25) is 15.1 Å². The number of benzene rings is 10. The summed E-state index contributed by atoms with van der Waals surface area (Å²) in [5, 5.41) is 21.4. The van der Waals surface area contributed by atoms with Crippen molar-refractivity contribution >= 4 is 114 Å². The number of carbonyl (C=O) groups excluding carboxylic acids is 2. The molecule has 14 rings (SSSR count). The van der Waals surface area contributed by atoms with Crippen molar-refractivity contribution in [3.05, 3.63) is 350 Å². The van der Waals surface area contributed by atoms with E-state index in [1.54, 1.807) is 31.3 Å². The number of nitrogens with zero attached hydrogens (tertiary/aromatic N) is 6. The summed E-state index contributed by atoms with van der Waals surface area (Å²) in [6.45, 7) is 3.50. The molecule has 105 heavy (non-hydrogen) atoms. The second-order valence-electron chi connectivity index (χ2n) is 23.3. The third-order valence-corrected chi connectivity index (χ3v) is 16.9. The number of fused-ring (bicyclic) bond motifs is 4. The number of carbonyl (C=O) groups is 2. The molecule has 0 amide bonds. The zero-order valence-electron chi connectivity index (χ0n) is 55.6. The summed E-state index contributed by atoms with van der Waals surface area (Å²) < 4.78 is 118. The number of Topliss-reactive ketones (excluding diaryl/α,β-unsaturated/α-hetero) is 2. The topological polar surface area (TPSA) is 151 Å². The molecule has 0 saturated heterocycles. The van der Waals surface area contributed by atoms with Crippen LogP contribution in [-0.4, -0.2) is 36.0 Å². The largest absolute Gasteiger partial charge is 0.417 e. The highest BCUT2D eigenvalue weighted by Crippen LogP contribution is 2.38. The molecule has 3 N–H and O–H groups in total. The van der Waals surface area contributed by atoms with Gasteiger partial charge in [0.15, 0.2) is 11.5 Å². The molecule has 4 heterocycles. The number of halogens is 13. The van der Waals surface area contributed by atoms with E-state index >= 15 is 0 Å². The van der Waals surface area contributed by atoms with Crippen molar-refractivity contribution in [2.45, 2.75) is 58.1 Å². The van der Waals surface area contributed by atoms with E-state index in [9.17, 15) is 54.4 Å². The first-order valence-corrected chi connectivity index (χ1v) is 33.0. The number of ketones is 2. The minimum absolute atomic E-state index is 0. The summed E-state index contributed by atoms with van der Waals surface area (Å²) in [6, 6.07) is 80.6. The lowest BCUT2D eigenvalue weighted by molar-refractivity contribution is -0.138. The number of para-hydroxylation sites is 4. The van der Waals surface area contributed by atoms with Gasteiger partial charge >= 0.3 is 18.5 Å². The van der Waals surface area contributed by atoms with Gasteiger partial charge in [-0.3, -0.25) is 14.6 Å². The minimum Gasteiger partial charge on any atom is -0.399 e. The van der Waals surface area contributed by atoms with Crippen molar-refractivity contribution in [3.63, 3.8) is 0 Å². The molecule has 10 aromatic carbocycles. The average molecular weight is 1510 g/mol. The summed E-state index contributed by atoms with van der Waals surface area (Å²) in [7, 11) is 0. The van der Waals surface area contributed by atoms with Crippen molar-refractivity contribution in [1.29, 1.82) is 10.5 Å². The molecule has 0 fully saturated rings. The van der Waals surface area contributed by atoms with Gasteiger partial charge in [-0.2, -0.15) is 50.0 Å². The van der Waals surface area contributed by atoms with Crippen molar-refractivity contribution < 1.29 is 49.1 Å². The Morgan fingerprint density at radius 1 is 0.476 bits per heavy atom. The van der Waals surface area contributed by atoms with Gasteiger partial charge in [-0.15, -0.1) is 12.4 Å². The van der Waals surface area contributed by atoms with E-state index in [0.29, 0.717) is 35.2 Å². The number of nitrogens with two attached hydrogens (primary N) is 1. The third kappa shape index (κ3) is 21.9. The molecule has 534 valence electrons. The van der Waals surface area contributed by atoms with Gasteiger partial charge in [0.05, 0.1) is 56.4 Å². The maximum absolute atomic E-state index is 13.2. The van der Waals surface area contributed by atoms with E-state index in [0.717, 1.165) is 58.9 Å². The monoisotopic (exact) mass is 1500 g/mol. The number of aromatic amines is 1. The van der Waals surface area contributed by atoms with Gasteiger partial charge < -0.3 is 24.4 Å². The highest BCUT2D eigenvalue weighted by Gasteiger charge is 2.35. The summed E-state index contributed by atoms with van der Waals surface area (Å²) >= 11 is 16.3. The molecular formula is C82H63Cl4F9N8O2. The molecule has 10 nitrogen and oxygen atoms in total. The van der Waals surface area contributed by atoms with E-state index in [1.807, 2.05) is 120 Å². The van der Waals surface area contributed by atoms with Crippen LogP contribution in [0.25, 0.3) is 43.6 Å². The molecule has 0 aliphatic rings. The number of nitrogen functional groups attached to an aromatic ring is 1. The molecule has 0 atom stereocenters. The molecule has 0 aliphatic carbocycles. The van der Waals surface area contributed by atoms with Crippen LogP contribution in [0.15, 0.2) is 285 Å². The summed E-state index contributed by atoms with van der Waals surface area (Å²) in [5.41, 5.74) is 11.7. The Morgan fingerprint density at radius 2 is 0.914 bits per heavy atom. The van der Waals surface area contributed by atoms with Crippen molar-refractivity contribution in [2.75, 3.05) is 5.73 Å². The number of hydrogen-bond acceptors (Lipinski definition) is 6. The molecule has 23 heteroatoms. The summed E-state index contributed by atoms with van der Waals surface area (Å²) in [5.74, 6) is -0.712. The fraction of sp³-hybridized carbons (Fsp3) is 0.110. The third-order valence-electron chi connectivity index (χ3n) is 15.9. The van der Waals surface area contributed by atoms with E-state index in [4.69, 9.17) is 45.8 Å². The normalized spacial score (nSPS) is 11.2. The lowest BCUT2D eigenvalue weighted by Gasteiger charge is -2.10. The Bertz CT molecular complexity index is 5280. The lowest BCUT2D eigenvalue weighted by Crippen LogP contribution is -2.13. The standard InChI is InChI=1S/C26H17ClF3N3O.C18H14N2O.C15H13N.C8H6ClF3.C8H7N.C7H5ClF3N.ClH/c27-22-11-10-18(12-21(22)26(28,29)30)14-32-23(13-31)25(34)20-16-33(15-17-6-2-1-3-7-17)24-9-5-4-8-19(20)24;19-11-10-18(21)16-13-20(12-14-6-2-1-3-7-14)17-9-5-4-8-15(16)17;1-2-6-13(7-3-1)12-16-11-10-14-8-4-5-9-15(14)16;1-5-2-3-7(9)6(4-5)8(10,11)12;1-2-4-8-7(3-1)5-6-9-8;8-6-2-1-4(12)3-5(6)7(9,10)11;/h1-12,16H,14-15H2;1-9,13H,10,12H2;1-11H,12H2;2-4H,1H3;1-6,9H;1-3H,12H2;1H. The van der Waals surface area contributed by atoms with Gasteiger partial charge in [0.25, 0.3) is 0 Å². The van der Waals surface area contributed by atoms with Gasteiger partial charge in [0.2, 0.25) is 5.78 Å². The number of H-pyrrole nitrogens is 1. The molecule has 0 aliphatic heterocycles. The molecule has 14 aromatic rings. The Hall–Kier alpha value is -11.3. The average Bonchev–Trinajstić information content (AvgIpc) is 1.67. The predicted octanol–water partition coefficient (Wildman–Crippen LogP) is 23.4. The van der Waals surface area contributed by atoms with Gasteiger partial charge in [0, 0.05) is 88.5 Å². The SMILES string of the molecule is Cc1ccc(Cl)c(C(F)(F)F)c1.Cl.N#CC(=NCc1ccc(Cl)c(C(F)(F)F)c1)C(=O)c1cn(Cc2ccccc2)c2ccccc12.N#CCC(=O)c1cn(Cc2ccccc2)c2ccccc12.Nc1ccc(Cl)c(C(F)(F)F)c1.c1ccc(Cn2ccc3ccccc32)cc1.c1ccc2[nH]ccc2c1. The van der Waals surface area contributed by atoms with Crippen molar-refractivity contribution in [1.82, 2.24) is 18.7 Å². The molecular weight excluding hydrogens is 1440 g/mol. The van der Waals surface area contributed by atoms with Crippen LogP contribution in [0.3, 0.4) is 0 Å². The van der Waals surface area contributed by atoms with Gasteiger partial charge in [0.1, 0.15) is 6.07 Å². The number of aliphatic imine (C=N–C) groups is 1. The molecule has 0 unspecified atom stereocenters. The van der Waals surface area contributed by atoms with Crippen LogP contribution in [-0.2, 0) is 44.7 Å². The number of anilines is 1. The number of rotatable bonds is 12. The van der Waals surface area contributed by atoms with Crippen LogP contribution < -0.4 is 5.73 Å². The van der Waals surface area contributed by atoms with Crippen molar-refractivity contribution in [3.8, 4) is 12.1 Å². The number of aromatic nitrogens is 4. The fourth-order valence-corrected chi connectivity index (χ4v) is 11.6. The van der Waals surface area contributed by atoms with E-state index < -0.39 is 46.0 Å². The van der Waals surface area contributed by atoms with E-state index in [2.05, 4.69) is 116 Å². The molecule has 4 aromatic heterocycles. The summed E-state index contributed by atoms with van der Waals surface area (Å²) in [6.07, 6.45) is -5.86. The van der Waals surface area contributed by atoms with Gasteiger partial charge in [-0.25, -0.2) is 0 Å². The zero-order chi connectivity index (χ0) is 74.6. The molecule has 0 spiro atoms. The van der Waals surface area contributed by atoms with Gasteiger partial charge in [-0.05, 0) is 119 Å². The van der Waals surface area contributed by atoms with E-state index in [1.165, 1.54) is 57.2 Å². The maximum Gasteiger partial charge on any atom is 0.417 e. The highest BCUT2D eigenvalue weighted by atomic mass is 35.5. The van der Waals surface area contributed by atoms with Crippen LogP contribution in [0.4, 0.5) is 45.2 Å². The first-order valence-electron chi connectivity index (χ1n) is 31.8. The summed E-state index contributed by atoms with van der Waals surface area (Å²) in [4.78, 5) is 32.4. The number of aryl methyl sites for hydroxylation is 1. The Balaban J connectivity index is 0.000000169. The first-order chi connectivity index (χ1) is 49.8. The first kappa shape index (κ1) is 79.4. The number of nitrogens with one attached hydrogen (secondary N) is 1. The van der Waals surface area contributed by atoms with Crippen LogP contribution >= 0.6 is 47.2 Å².